The van der Waals surface area contributed by atoms with Crippen LogP contribution in [0.5, 0.6) is 0 Å². The molecule has 0 spiro atoms. The van der Waals surface area contributed by atoms with E-state index in [1.165, 1.54) is 17.5 Å². The van der Waals surface area contributed by atoms with Crippen LogP contribution in [0.4, 0.5) is 0 Å². The molecule has 5 atom stereocenters. The van der Waals surface area contributed by atoms with Crippen LogP contribution in [0.3, 0.4) is 0 Å². The molecule has 0 saturated carbocycles. The van der Waals surface area contributed by atoms with Gasteiger partial charge in [0.05, 0.1) is 25.5 Å². The summed E-state index contributed by atoms with van der Waals surface area (Å²) in [6.45, 7) is 1.71. The zero-order chi connectivity index (χ0) is 17.8. The van der Waals surface area contributed by atoms with E-state index in [-0.39, 0.29) is 6.10 Å². The highest BCUT2D eigenvalue weighted by Crippen LogP contribution is 2.40. The molecule has 0 bridgehead atoms. The number of aliphatic hydroxyl groups excluding tert-OH is 2. The summed E-state index contributed by atoms with van der Waals surface area (Å²) < 4.78 is 11.3. The zero-order valence-corrected chi connectivity index (χ0v) is 14.1. The average Bonchev–Trinajstić information content (AvgIpc) is 2.96. The minimum absolute atomic E-state index is 0.115. The molecule has 9 heteroatoms. The van der Waals surface area contributed by atoms with Crippen molar-refractivity contribution in [3.63, 3.8) is 0 Å². The summed E-state index contributed by atoms with van der Waals surface area (Å²) >= 11 is 0. The van der Waals surface area contributed by atoms with Gasteiger partial charge in [0.2, 0.25) is 0 Å². The van der Waals surface area contributed by atoms with E-state index in [1.54, 1.807) is 19.5 Å². The van der Waals surface area contributed by atoms with Crippen LogP contribution in [-0.2, 0) is 9.47 Å². The highest BCUT2D eigenvalue weighted by Gasteiger charge is 2.55. The second kappa shape index (κ2) is 5.89. The van der Waals surface area contributed by atoms with Crippen LogP contribution in [0.2, 0.25) is 0 Å². The first-order valence-corrected chi connectivity index (χ1v) is 8.24. The molecule has 3 heterocycles. The van der Waals surface area contributed by atoms with Gasteiger partial charge in [-0.25, -0.2) is 5.01 Å². The Morgan fingerprint density at radius 2 is 2.32 bits per heavy atom. The van der Waals surface area contributed by atoms with E-state index in [2.05, 4.69) is 15.6 Å². The summed E-state index contributed by atoms with van der Waals surface area (Å²) in [5.74, 6) is 0. The van der Waals surface area contributed by atoms with Crippen molar-refractivity contribution in [2.24, 2.45) is 10.2 Å². The SMILES string of the molecule is COC1CC2=C3C1=CN([C@@H]1O[C@H](CO)[C@@H](O)[C@@]1(C)O)N=C3C=NNC2. The second-order valence-corrected chi connectivity index (χ2v) is 6.83. The molecule has 4 rings (SSSR count). The second-order valence-electron chi connectivity index (χ2n) is 6.83. The molecule has 0 aromatic carbocycles. The molecular weight excluding hydrogens is 328 g/mol. The Labute approximate surface area is 144 Å². The average molecular weight is 350 g/mol. The Bertz CT molecular complexity index is 699. The maximum absolute atomic E-state index is 10.7. The van der Waals surface area contributed by atoms with E-state index in [0.29, 0.717) is 12.3 Å². The Balaban J connectivity index is 1.75. The van der Waals surface area contributed by atoms with Gasteiger partial charge < -0.3 is 30.2 Å². The lowest BCUT2D eigenvalue weighted by Gasteiger charge is -2.34. The third-order valence-corrected chi connectivity index (χ3v) is 5.20. The molecule has 0 aromatic rings. The van der Waals surface area contributed by atoms with E-state index in [1.807, 2.05) is 0 Å². The fourth-order valence-electron chi connectivity index (χ4n) is 3.83. The molecule has 1 unspecified atom stereocenters. The van der Waals surface area contributed by atoms with E-state index in [0.717, 1.165) is 17.6 Å². The van der Waals surface area contributed by atoms with Gasteiger partial charge >= 0.3 is 0 Å². The first-order chi connectivity index (χ1) is 12.0. The van der Waals surface area contributed by atoms with Crippen LogP contribution in [0, 0.1) is 0 Å². The normalized spacial score (nSPS) is 39.8. The minimum atomic E-state index is -1.60. The summed E-state index contributed by atoms with van der Waals surface area (Å²) in [4.78, 5) is 0. The molecule has 0 radical (unpaired) electrons. The van der Waals surface area contributed by atoms with Gasteiger partial charge in [-0.05, 0) is 12.5 Å². The number of aliphatic hydroxyl groups is 3. The first-order valence-electron chi connectivity index (χ1n) is 8.24. The van der Waals surface area contributed by atoms with Crippen molar-refractivity contribution < 1.29 is 24.8 Å². The van der Waals surface area contributed by atoms with Crippen LogP contribution in [0.15, 0.2) is 33.1 Å². The number of hydrogen-bond donors (Lipinski definition) is 4. The number of ether oxygens (including phenoxy) is 2. The highest BCUT2D eigenvalue weighted by molar-refractivity contribution is 6.40. The number of nitrogens with one attached hydrogen (secondary N) is 1. The van der Waals surface area contributed by atoms with Gasteiger partial charge in [-0.3, -0.25) is 0 Å². The zero-order valence-electron chi connectivity index (χ0n) is 14.1. The third kappa shape index (κ3) is 2.42. The molecule has 1 saturated heterocycles. The lowest BCUT2D eigenvalue weighted by atomic mass is 9.95. The van der Waals surface area contributed by atoms with Gasteiger partial charge in [0, 0.05) is 30.9 Å². The van der Waals surface area contributed by atoms with Gasteiger partial charge in [-0.1, -0.05) is 0 Å². The topological polar surface area (TPSA) is 119 Å². The standard InChI is InChI=1S/C16H22N4O5/c1-16(23)14(22)12(7-21)25-15(16)20-6-9-11(24-2)3-8-4-17-18-5-10(19-20)13(8)9/h5-6,11-12,14-15,17,21-23H,3-4,7H2,1-2H3/t11?,12-,14-,15-,16-/m1/s1. The van der Waals surface area contributed by atoms with Crippen molar-refractivity contribution in [3.8, 4) is 0 Å². The summed E-state index contributed by atoms with van der Waals surface area (Å²) in [6, 6.07) is 0. The number of hydrogen-bond acceptors (Lipinski definition) is 9. The molecule has 3 aliphatic heterocycles. The number of rotatable bonds is 3. The Hall–Kier alpha value is -1.78. The quantitative estimate of drug-likeness (QED) is 0.498. The molecule has 4 N–H and O–H groups in total. The molecule has 1 aliphatic carbocycles. The van der Waals surface area contributed by atoms with Gasteiger partial charge in [-0.2, -0.15) is 10.2 Å². The van der Waals surface area contributed by atoms with Crippen LogP contribution >= 0.6 is 0 Å². The van der Waals surface area contributed by atoms with E-state index in [9.17, 15) is 15.3 Å². The summed E-state index contributed by atoms with van der Waals surface area (Å²) in [7, 11) is 1.66. The molecule has 9 nitrogen and oxygen atoms in total. The van der Waals surface area contributed by atoms with E-state index in [4.69, 9.17) is 9.47 Å². The number of methoxy groups -OCH3 is 1. The van der Waals surface area contributed by atoms with Crippen molar-refractivity contribution >= 4 is 11.9 Å². The van der Waals surface area contributed by atoms with Gasteiger partial charge in [0.1, 0.15) is 23.5 Å². The van der Waals surface area contributed by atoms with Crippen molar-refractivity contribution in [2.45, 2.75) is 43.5 Å². The van der Waals surface area contributed by atoms with Gasteiger partial charge in [0.25, 0.3) is 0 Å². The van der Waals surface area contributed by atoms with Gasteiger partial charge in [-0.15, -0.1) is 0 Å². The molecule has 136 valence electrons. The van der Waals surface area contributed by atoms with E-state index >= 15 is 0 Å². The summed E-state index contributed by atoms with van der Waals surface area (Å²) in [5, 5.41) is 40.5. The van der Waals surface area contributed by atoms with Crippen LogP contribution < -0.4 is 5.43 Å². The third-order valence-electron chi connectivity index (χ3n) is 5.20. The predicted octanol–water partition coefficient (Wildman–Crippen LogP) is -1.32. The van der Waals surface area contributed by atoms with Crippen molar-refractivity contribution in [3.05, 3.63) is 22.9 Å². The number of hydrazone groups is 2. The predicted molar refractivity (Wildman–Crippen MR) is 88.7 cm³/mol. The Morgan fingerprint density at radius 3 is 3.00 bits per heavy atom. The number of nitrogens with zero attached hydrogens (tertiary/aromatic N) is 3. The molecule has 4 aliphatic rings. The van der Waals surface area contributed by atoms with Crippen molar-refractivity contribution in [1.29, 1.82) is 0 Å². The lowest BCUT2D eigenvalue weighted by molar-refractivity contribution is -0.120. The summed E-state index contributed by atoms with van der Waals surface area (Å²) in [5.41, 5.74) is 5.15. The molecule has 0 aromatic heterocycles. The molecular formula is C16H22N4O5. The molecule has 0 amide bonds. The maximum atomic E-state index is 10.7. The maximum Gasteiger partial charge on any atom is 0.181 e. The van der Waals surface area contributed by atoms with Crippen LogP contribution in [0.1, 0.15) is 13.3 Å². The lowest BCUT2D eigenvalue weighted by Crippen LogP contribution is -2.51. The monoisotopic (exact) mass is 350 g/mol. The van der Waals surface area contributed by atoms with Crippen LogP contribution in [0.25, 0.3) is 0 Å². The van der Waals surface area contributed by atoms with Gasteiger partial charge in [0.15, 0.2) is 6.23 Å². The minimum Gasteiger partial charge on any atom is -0.394 e. The highest BCUT2D eigenvalue weighted by atomic mass is 16.6. The Kier molecular flexibility index (Phi) is 3.93. The smallest absolute Gasteiger partial charge is 0.181 e. The summed E-state index contributed by atoms with van der Waals surface area (Å²) in [6.07, 6.45) is 1.00. The van der Waals surface area contributed by atoms with E-state index < -0.39 is 30.6 Å². The largest absolute Gasteiger partial charge is 0.394 e. The first kappa shape index (κ1) is 16.7. The molecule has 25 heavy (non-hydrogen) atoms. The molecule has 1 fully saturated rings. The van der Waals surface area contributed by atoms with Crippen LogP contribution in [-0.4, -0.2) is 82.7 Å². The van der Waals surface area contributed by atoms with Crippen molar-refractivity contribution in [2.75, 3.05) is 20.3 Å². The fourth-order valence-corrected chi connectivity index (χ4v) is 3.83. The van der Waals surface area contributed by atoms with Crippen molar-refractivity contribution in [1.82, 2.24) is 10.4 Å². The fraction of sp³-hybridized carbons (Fsp3) is 0.625. The Morgan fingerprint density at radius 1 is 1.52 bits per heavy atom.